The van der Waals surface area contributed by atoms with Gasteiger partial charge in [0.05, 0.1) is 0 Å². The maximum absolute atomic E-state index is 2.39. The van der Waals surface area contributed by atoms with Crippen LogP contribution >= 0.6 is 0 Å². The lowest BCUT2D eigenvalue weighted by molar-refractivity contribution is 0.539. The van der Waals surface area contributed by atoms with Gasteiger partial charge >= 0.3 is 0 Å². The van der Waals surface area contributed by atoms with Crippen LogP contribution in [0.3, 0.4) is 0 Å². The van der Waals surface area contributed by atoms with E-state index in [1.54, 1.807) is 5.56 Å². The van der Waals surface area contributed by atoms with E-state index >= 15 is 0 Å². The average molecular weight is 188 g/mol. The molecule has 0 amide bonds. The van der Waals surface area contributed by atoms with Crippen molar-refractivity contribution in [2.45, 2.75) is 44.9 Å². The van der Waals surface area contributed by atoms with Gasteiger partial charge in [-0.05, 0) is 29.7 Å². The molecular weight excluding hydrogens is 168 g/mol. The zero-order valence-corrected chi connectivity index (χ0v) is 9.29. The molecule has 0 unspecified atom stereocenters. The summed E-state index contributed by atoms with van der Waals surface area (Å²) in [5, 5.41) is 0. The van der Waals surface area contributed by atoms with Gasteiger partial charge in [-0.2, -0.15) is 0 Å². The molecule has 1 aliphatic rings. The SMILES string of the molecule is CCCC[C@@]1(c2ccccc2)C[C@H]1C. The van der Waals surface area contributed by atoms with E-state index in [1.165, 1.54) is 25.7 Å². The van der Waals surface area contributed by atoms with Crippen LogP contribution in [0.15, 0.2) is 30.3 Å². The van der Waals surface area contributed by atoms with E-state index < -0.39 is 0 Å². The van der Waals surface area contributed by atoms with Crippen molar-refractivity contribution in [1.82, 2.24) is 0 Å². The normalized spacial score (nSPS) is 30.3. The van der Waals surface area contributed by atoms with Gasteiger partial charge in [0, 0.05) is 0 Å². The number of rotatable bonds is 4. The highest BCUT2D eigenvalue weighted by Gasteiger charge is 2.50. The Balaban J connectivity index is 2.14. The predicted molar refractivity (Wildman–Crippen MR) is 61.4 cm³/mol. The number of hydrogen-bond donors (Lipinski definition) is 0. The van der Waals surface area contributed by atoms with E-state index in [0.717, 1.165) is 5.92 Å². The molecule has 0 N–H and O–H groups in total. The molecule has 0 bridgehead atoms. The minimum Gasteiger partial charge on any atom is -0.0654 e. The highest BCUT2D eigenvalue weighted by Crippen LogP contribution is 2.57. The summed E-state index contributed by atoms with van der Waals surface area (Å²) in [5.41, 5.74) is 2.12. The van der Waals surface area contributed by atoms with Crippen LogP contribution in [0.1, 0.15) is 45.1 Å². The second-order valence-electron chi connectivity index (χ2n) is 4.73. The Morgan fingerprint density at radius 1 is 1.29 bits per heavy atom. The molecule has 0 aromatic heterocycles. The Morgan fingerprint density at radius 3 is 2.43 bits per heavy atom. The molecule has 0 spiro atoms. The molecule has 76 valence electrons. The zero-order chi connectivity index (χ0) is 10.0. The van der Waals surface area contributed by atoms with Gasteiger partial charge in [-0.25, -0.2) is 0 Å². The summed E-state index contributed by atoms with van der Waals surface area (Å²) in [4.78, 5) is 0. The fourth-order valence-electron chi connectivity index (χ4n) is 2.64. The Bertz CT molecular complexity index is 288. The Hall–Kier alpha value is -0.780. The third-order valence-corrected chi connectivity index (χ3v) is 3.78. The first-order valence-electron chi connectivity index (χ1n) is 5.85. The quantitative estimate of drug-likeness (QED) is 0.665. The van der Waals surface area contributed by atoms with Crippen molar-refractivity contribution in [3.63, 3.8) is 0 Å². The Kier molecular flexibility index (Phi) is 2.62. The van der Waals surface area contributed by atoms with Crippen molar-refractivity contribution >= 4 is 0 Å². The van der Waals surface area contributed by atoms with E-state index in [-0.39, 0.29) is 0 Å². The van der Waals surface area contributed by atoms with Crippen LogP contribution in [-0.2, 0) is 5.41 Å². The zero-order valence-electron chi connectivity index (χ0n) is 9.29. The molecule has 0 aliphatic heterocycles. The van der Waals surface area contributed by atoms with E-state index in [2.05, 4.69) is 44.2 Å². The highest BCUT2D eigenvalue weighted by atomic mass is 14.5. The predicted octanol–water partition coefficient (Wildman–Crippen LogP) is 4.15. The lowest BCUT2D eigenvalue weighted by Gasteiger charge is -2.16. The van der Waals surface area contributed by atoms with Gasteiger partial charge in [0.25, 0.3) is 0 Å². The second kappa shape index (κ2) is 3.76. The minimum absolute atomic E-state index is 0.553. The van der Waals surface area contributed by atoms with Gasteiger partial charge in [-0.3, -0.25) is 0 Å². The average Bonchev–Trinajstić information content (AvgIpc) is 2.89. The first kappa shape index (κ1) is 9.76. The summed E-state index contributed by atoms with van der Waals surface area (Å²) in [6.07, 6.45) is 5.48. The first-order valence-corrected chi connectivity index (χ1v) is 5.85. The van der Waals surface area contributed by atoms with Crippen LogP contribution in [0.5, 0.6) is 0 Å². The van der Waals surface area contributed by atoms with Crippen molar-refractivity contribution in [3.8, 4) is 0 Å². The van der Waals surface area contributed by atoms with E-state index in [0.29, 0.717) is 5.41 Å². The van der Waals surface area contributed by atoms with E-state index in [9.17, 15) is 0 Å². The summed E-state index contributed by atoms with van der Waals surface area (Å²) >= 11 is 0. The van der Waals surface area contributed by atoms with Gasteiger partial charge in [0.15, 0.2) is 0 Å². The van der Waals surface area contributed by atoms with Crippen LogP contribution in [0.2, 0.25) is 0 Å². The van der Waals surface area contributed by atoms with Gasteiger partial charge < -0.3 is 0 Å². The summed E-state index contributed by atoms with van der Waals surface area (Å²) in [5.74, 6) is 0.899. The van der Waals surface area contributed by atoms with Crippen LogP contribution in [-0.4, -0.2) is 0 Å². The lowest BCUT2D eigenvalue weighted by Crippen LogP contribution is -2.08. The van der Waals surface area contributed by atoms with Gasteiger partial charge in [-0.15, -0.1) is 0 Å². The van der Waals surface area contributed by atoms with Crippen molar-refractivity contribution in [3.05, 3.63) is 35.9 Å². The van der Waals surface area contributed by atoms with Crippen LogP contribution < -0.4 is 0 Å². The lowest BCUT2D eigenvalue weighted by atomic mass is 9.88. The van der Waals surface area contributed by atoms with E-state index in [4.69, 9.17) is 0 Å². The van der Waals surface area contributed by atoms with Gasteiger partial charge in [-0.1, -0.05) is 57.0 Å². The van der Waals surface area contributed by atoms with Gasteiger partial charge in [0.1, 0.15) is 0 Å². The largest absolute Gasteiger partial charge is 0.0654 e. The monoisotopic (exact) mass is 188 g/mol. The molecule has 1 aromatic rings. The number of unbranched alkanes of at least 4 members (excludes halogenated alkanes) is 1. The number of hydrogen-bond acceptors (Lipinski definition) is 0. The van der Waals surface area contributed by atoms with Crippen molar-refractivity contribution in [2.75, 3.05) is 0 Å². The molecule has 0 heterocycles. The molecular formula is C14H20. The summed E-state index contributed by atoms with van der Waals surface area (Å²) in [6, 6.07) is 11.1. The van der Waals surface area contributed by atoms with Crippen LogP contribution in [0, 0.1) is 5.92 Å². The molecule has 1 aromatic carbocycles. The third kappa shape index (κ3) is 1.58. The molecule has 14 heavy (non-hydrogen) atoms. The second-order valence-corrected chi connectivity index (χ2v) is 4.73. The Labute approximate surface area is 87.3 Å². The maximum atomic E-state index is 2.39. The van der Waals surface area contributed by atoms with E-state index in [1.807, 2.05) is 0 Å². The summed E-state index contributed by atoms with van der Waals surface area (Å²) in [6.45, 7) is 4.68. The number of benzene rings is 1. The molecule has 1 fully saturated rings. The minimum atomic E-state index is 0.553. The Morgan fingerprint density at radius 2 is 1.93 bits per heavy atom. The molecule has 0 heteroatoms. The smallest absolute Gasteiger partial charge is 0.00182 e. The molecule has 0 radical (unpaired) electrons. The fraction of sp³-hybridized carbons (Fsp3) is 0.571. The summed E-state index contributed by atoms with van der Waals surface area (Å²) < 4.78 is 0. The molecule has 2 atom stereocenters. The van der Waals surface area contributed by atoms with Gasteiger partial charge in [0.2, 0.25) is 0 Å². The maximum Gasteiger partial charge on any atom is -0.00182 e. The summed E-state index contributed by atoms with van der Waals surface area (Å²) in [7, 11) is 0. The van der Waals surface area contributed by atoms with Crippen LogP contribution in [0.4, 0.5) is 0 Å². The molecule has 1 aliphatic carbocycles. The fourth-order valence-corrected chi connectivity index (χ4v) is 2.64. The molecule has 0 nitrogen and oxygen atoms in total. The topological polar surface area (TPSA) is 0 Å². The molecule has 2 rings (SSSR count). The highest BCUT2D eigenvalue weighted by molar-refractivity contribution is 5.32. The molecule has 1 saturated carbocycles. The molecule has 0 saturated heterocycles. The van der Waals surface area contributed by atoms with Crippen LogP contribution in [0.25, 0.3) is 0 Å². The standard InChI is InChI=1S/C14H20/c1-3-4-10-14(11-12(14)2)13-8-6-5-7-9-13/h5-9,12H,3-4,10-11H2,1-2H3/t12-,14-/m1/s1. The van der Waals surface area contributed by atoms with Crippen molar-refractivity contribution in [1.29, 1.82) is 0 Å². The third-order valence-electron chi connectivity index (χ3n) is 3.78. The van der Waals surface area contributed by atoms with Crippen molar-refractivity contribution < 1.29 is 0 Å². The first-order chi connectivity index (χ1) is 6.79. The van der Waals surface area contributed by atoms with Crippen molar-refractivity contribution in [2.24, 2.45) is 5.92 Å².